The molecule has 1 saturated carbocycles. The van der Waals surface area contributed by atoms with E-state index in [-0.39, 0.29) is 0 Å². The van der Waals surface area contributed by atoms with Crippen LogP contribution in [0.1, 0.15) is 31.2 Å². The first-order valence-corrected chi connectivity index (χ1v) is 6.12. The van der Waals surface area contributed by atoms with Crippen LogP contribution in [0.3, 0.4) is 0 Å². The lowest BCUT2D eigenvalue weighted by atomic mass is 10.2. The minimum absolute atomic E-state index is 0.514. The van der Waals surface area contributed by atoms with Gasteiger partial charge in [-0.05, 0) is 31.4 Å². The predicted molar refractivity (Wildman–Crippen MR) is 65.7 cm³/mol. The molecule has 0 amide bonds. The van der Waals surface area contributed by atoms with E-state index < -0.39 is 0 Å². The van der Waals surface area contributed by atoms with Gasteiger partial charge in [0.15, 0.2) is 0 Å². The van der Waals surface area contributed by atoms with E-state index >= 15 is 0 Å². The second-order valence-electron chi connectivity index (χ2n) is 4.39. The van der Waals surface area contributed by atoms with Gasteiger partial charge in [-0.25, -0.2) is 0 Å². The second-order valence-corrected chi connectivity index (χ2v) is 4.39. The lowest BCUT2D eigenvalue weighted by molar-refractivity contribution is 0.0659. The Morgan fingerprint density at radius 2 is 2.25 bits per heavy atom. The smallest absolute Gasteiger partial charge is 0.0642 e. The van der Waals surface area contributed by atoms with Gasteiger partial charge in [0.05, 0.1) is 12.7 Å². The van der Waals surface area contributed by atoms with Crippen LogP contribution in [0.4, 0.5) is 5.69 Å². The maximum absolute atomic E-state index is 5.79. The number of anilines is 1. The first kappa shape index (κ1) is 11.4. The number of ether oxygens (including phenoxy) is 1. The van der Waals surface area contributed by atoms with Crippen molar-refractivity contribution in [3.8, 4) is 0 Å². The Hall–Kier alpha value is -1.09. The molecule has 0 unspecified atom stereocenters. The van der Waals surface area contributed by atoms with Crippen LogP contribution in [0.25, 0.3) is 0 Å². The van der Waals surface area contributed by atoms with Crippen LogP contribution in [-0.2, 0) is 4.74 Å². The van der Waals surface area contributed by atoms with E-state index in [9.17, 15) is 0 Å². The van der Waals surface area contributed by atoms with Crippen LogP contribution >= 0.6 is 0 Å². The highest BCUT2D eigenvalue weighted by Gasteiger charge is 2.14. The van der Waals surface area contributed by atoms with Gasteiger partial charge in [-0.3, -0.25) is 4.98 Å². The lowest BCUT2D eigenvalue weighted by Crippen LogP contribution is -2.15. The van der Waals surface area contributed by atoms with E-state index in [1.165, 1.54) is 31.2 Å². The number of aromatic nitrogens is 1. The summed E-state index contributed by atoms with van der Waals surface area (Å²) in [4.78, 5) is 4.06. The van der Waals surface area contributed by atoms with Crippen molar-refractivity contribution >= 4 is 5.69 Å². The van der Waals surface area contributed by atoms with Crippen molar-refractivity contribution in [3.05, 3.63) is 24.0 Å². The highest BCUT2D eigenvalue weighted by atomic mass is 16.5. The first-order chi connectivity index (χ1) is 7.86. The third kappa shape index (κ3) is 3.20. The second kappa shape index (κ2) is 5.85. The fraction of sp³-hybridized carbons (Fsp3) is 0.615. The fourth-order valence-electron chi connectivity index (χ4n) is 2.14. The van der Waals surface area contributed by atoms with Gasteiger partial charge < -0.3 is 10.1 Å². The molecule has 0 spiro atoms. The van der Waals surface area contributed by atoms with Crippen LogP contribution in [0, 0.1) is 6.92 Å². The molecule has 0 radical (unpaired) electrons. The van der Waals surface area contributed by atoms with E-state index in [1.54, 1.807) is 0 Å². The molecule has 0 atom stereocenters. The van der Waals surface area contributed by atoms with Crippen LogP contribution in [0.2, 0.25) is 0 Å². The van der Waals surface area contributed by atoms with Crippen molar-refractivity contribution in [2.24, 2.45) is 0 Å². The van der Waals surface area contributed by atoms with Gasteiger partial charge >= 0.3 is 0 Å². The molecule has 1 heterocycles. The maximum atomic E-state index is 5.79. The van der Waals surface area contributed by atoms with Crippen molar-refractivity contribution in [2.45, 2.75) is 38.7 Å². The van der Waals surface area contributed by atoms with Crippen LogP contribution in [0.15, 0.2) is 18.5 Å². The van der Waals surface area contributed by atoms with Gasteiger partial charge in [-0.15, -0.1) is 0 Å². The fourth-order valence-corrected chi connectivity index (χ4v) is 2.14. The molecule has 2 rings (SSSR count). The molecular formula is C13H20N2O. The largest absolute Gasteiger partial charge is 0.382 e. The minimum Gasteiger partial charge on any atom is -0.382 e. The molecule has 0 aromatic carbocycles. The number of nitrogens with one attached hydrogen (secondary N) is 1. The molecule has 16 heavy (non-hydrogen) atoms. The van der Waals surface area contributed by atoms with E-state index in [4.69, 9.17) is 4.74 Å². The Morgan fingerprint density at radius 1 is 1.44 bits per heavy atom. The molecule has 0 saturated heterocycles. The van der Waals surface area contributed by atoms with Crippen LogP contribution in [0.5, 0.6) is 0 Å². The summed E-state index contributed by atoms with van der Waals surface area (Å²) < 4.78 is 5.79. The molecular weight excluding hydrogens is 200 g/mol. The minimum atomic E-state index is 0.514. The summed E-state index contributed by atoms with van der Waals surface area (Å²) in [5.74, 6) is 0. The van der Waals surface area contributed by atoms with Crippen molar-refractivity contribution in [3.63, 3.8) is 0 Å². The van der Waals surface area contributed by atoms with E-state index in [0.717, 1.165) is 18.8 Å². The van der Waals surface area contributed by atoms with Gasteiger partial charge in [-0.1, -0.05) is 12.8 Å². The average molecular weight is 220 g/mol. The number of pyridine rings is 1. The molecule has 1 aliphatic rings. The Balaban J connectivity index is 1.66. The number of rotatable bonds is 5. The SMILES string of the molecule is Cc1cnccc1NCCOC1CCCC1. The Labute approximate surface area is 97.2 Å². The molecule has 88 valence electrons. The number of nitrogens with zero attached hydrogens (tertiary/aromatic N) is 1. The summed E-state index contributed by atoms with van der Waals surface area (Å²) in [6.07, 6.45) is 9.36. The van der Waals surface area contributed by atoms with E-state index in [1.807, 2.05) is 18.5 Å². The van der Waals surface area contributed by atoms with Gasteiger partial charge in [0.25, 0.3) is 0 Å². The Kier molecular flexibility index (Phi) is 4.17. The first-order valence-electron chi connectivity index (χ1n) is 6.12. The monoisotopic (exact) mass is 220 g/mol. The summed E-state index contributed by atoms with van der Waals surface area (Å²) in [5.41, 5.74) is 2.34. The Morgan fingerprint density at radius 3 is 3.00 bits per heavy atom. The molecule has 1 aromatic heterocycles. The van der Waals surface area contributed by atoms with Crippen LogP contribution in [-0.4, -0.2) is 24.2 Å². The number of hydrogen-bond acceptors (Lipinski definition) is 3. The number of aryl methyl sites for hydroxylation is 1. The topological polar surface area (TPSA) is 34.2 Å². The lowest BCUT2D eigenvalue weighted by Gasteiger charge is -2.12. The van der Waals surface area contributed by atoms with Crippen molar-refractivity contribution in [1.29, 1.82) is 0 Å². The summed E-state index contributed by atoms with van der Waals surface area (Å²) in [5, 5.41) is 3.37. The van der Waals surface area contributed by atoms with Crippen molar-refractivity contribution in [1.82, 2.24) is 4.98 Å². The average Bonchev–Trinajstić information content (AvgIpc) is 2.79. The molecule has 0 bridgehead atoms. The maximum Gasteiger partial charge on any atom is 0.0642 e. The summed E-state index contributed by atoms with van der Waals surface area (Å²) in [6.45, 7) is 3.74. The molecule has 1 fully saturated rings. The third-order valence-electron chi connectivity index (χ3n) is 3.09. The van der Waals surface area contributed by atoms with E-state index in [0.29, 0.717) is 6.10 Å². The standard InChI is InChI=1S/C13H20N2O/c1-11-10-14-7-6-13(11)15-8-9-16-12-4-2-3-5-12/h6-7,10,12H,2-5,8-9H2,1H3,(H,14,15). The molecule has 1 aromatic rings. The zero-order chi connectivity index (χ0) is 11.2. The van der Waals surface area contributed by atoms with E-state index in [2.05, 4.69) is 17.2 Å². The van der Waals surface area contributed by atoms with Gasteiger partial charge in [0.1, 0.15) is 0 Å². The summed E-state index contributed by atoms with van der Waals surface area (Å²) in [6, 6.07) is 2.00. The van der Waals surface area contributed by atoms with Gasteiger partial charge in [0.2, 0.25) is 0 Å². The van der Waals surface area contributed by atoms with Gasteiger partial charge in [0, 0.05) is 24.6 Å². The normalized spacial score (nSPS) is 16.6. The Bertz CT molecular complexity index is 321. The number of hydrogen-bond donors (Lipinski definition) is 1. The van der Waals surface area contributed by atoms with Crippen molar-refractivity contribution < 1.29 is 4.74 Å². The molecule has 3 heteroatoms. The highest BCUT2D eigenvalue weighted by molar-refractivity contribution is 5.48. The van der Waals surface area contributed by atoms with Crippen LogP contribution < -0.4 is 5.32 Å². The summed E-state index contributed by atoms with van der Waals surface area (Å²) in [7, 11) is 0. The summed E-state index contributed by atoms with van der Waals surface area (Å²) >= 11 is 0. The zero-order valence-corrected chi connectivity index (χ0v) is 9.91. The molecule has 0 aliphatic heterocycles. The van der Waals surface area contributed by atoms with Crippen molar-refractivity contribution in [2.75, 3.05) is 18.5 Å². The molecule has 3 nitrogen and oxygen atoms in total. The quantitative estimate of drug-likeness (QED) is 0.775. The highest BCUT2D eigenvalue weighted by Crippen LogP contribution is 2.20. The van der Waals surface area contributed by atoms with Gasteiger partial charge in [-0.2, -0.15) is 0 Å². The predicted octanol–water partition coefficient (Wildman–Crippen LogP) is 2.76. The third-order valence-corrected chi connectivity index (χ3v) is 3.09. The zero-order valence-electron chi connectivity index (χ0n) is 9.91. The molecule has 1 N–H and O–H groups in total. The molecule has 1 aliphatic carbocycles.